The number of para-hydroxylation sites is 1. The molecule has 1 atom stereocenters. The summed E-state index contributed by atoms with van der Waals surface area (Å²) in [5.41, 5.74) is 1.98. The average molecular weight is 298 g/mol. The topological polar surface area (TPSA) is 75.7 Å². The van der Waals surface area contributed by atoms with E-state index in [1.54, 1.807) is 6.07 Å². The van der Waals surface area contributed by atoms with Crippen LogP contribution in [-0.4, -0.2) is 16.2 Å². The van der Waals surface area contributed by atoms with Gasteiger partial charge < -0.3 is 5.11 Å². The molecule has 1 N–H and O–H groups in total. The molecule has 5 heteroatoms. The van der Waals surface area contributed by atoms with E-state index in [-0.39, 0.29) is 11.4 Å². The summed E-state index contributed by atoms with van der Waals surface area (Å²) in [5.74, 6) is 0.131. The van der Waals surface area contributed by atoms with Crippen LogP contribution < -0.4 is 0 Å². The number of aliphatic imine (C=N–C) groups is 1. The van der Waals surface area contributed by atoms with E-state index < -0.39 is 4.92 Å². The van der Waals surface area contributed by atoms with Crippen LogP contribution in [0.25, 0.3) is 0 Å². The van der Waals surface area contributed by atoms with E-state index in [9.17, 15) is 15.2 Å². The maximum absolute atomic E-state index is 10.8. The van der Waals surface area contributed by atoms with Gasteiger partial charge in [0.25, 0.3) is 0 Å². The van der Waals surface area contributed by atoms with Crippen molar-refractivity contribution in [2.45, 2.75) is 26.2 Å². The first-order chi connectivity index (χ1) is 10.5. The van der Waals surface area contributed by atoms with Crippen LogP contribution in [0.15, 0.2) is 47.5 Å². The van der Waals surface area contributed by atoms with Gasteiger partial charge in [-0.1, -0.05) is 32.0 Å². The van der Waals surface area contributed by atoms with Gasteiger partial charge in [-0.05, 0) is 36.1 Å². The van der Waals surface area contributed by atoms with E-state index in [0.717, 1.165) is 12.1 Å². The Kier molecular flexibility index (Phi) is 4.88. The third-order valence-electron chi connectivity index (χ3n) is 3.67. The minimum absolute atomic E-state index is 0.320. The van der Waals surface area contributed by atoms with Crippen LogP contribution in [-0.2, 0) is 0 Å². The van der Waals surface area contributed by atoms with Gasteiger partial charge in [0.15, 0.2) is 0 Å². The van der Waals surface area contributed by atoms with E-state index >= 15 is 0 Å². The average Bonchev–Trinajstić information content (AvgIpc) is 2.53. The van der Waals surface area contributed by atoms with Gasteiger partial charge in [-0.2, -0.15) is 0 Å². The van der Waals surface area contributed by atoms with Crippen LogP contribution in [0.2, 0.25) is 0 Å². The molecule has 0 amide bonds. The number of hydrogen-bond donors (Lipinski definition) is 1. The summed E-state index contributed by atoms with van der Waals surface area (Å²) in [7, 11) is 0. The zero-order valence-electron chi connectivity index (χ0n) is 12.6. The van der Waals surface area contributed by atoms with Crippen molar-refractivity contribution in [1.29, 1.82) is 0 Å². The predicted molar refractivity (Wildman–Crippen MR) is 87.2 cm³/mol. The fourth-order valence-corrected chi connectivity index (χ4v) is 2.07. The number of rotatable bonds is 5. The maximum Gasteiger partial charge on any atom is 0.311 e. The Balaban J connectivity index is 2.22. The molecule has 0 saturated carbocycles. The molecular weight excluding hydrogens is 280 g/mol. The molecular formula is C17H18N2O3. The van der Waals surface area contributed by atoms with E-state index in [0.29, 0.717) is 11.5 Å². The first kappa shape index (κ1) is 15.7. The van der Waals surface area contributed by atoms with Gasteiger partial charge in [0.05, 0.1) is 10.6 Å². The predicted octanol–water partition coefficient (Wildman–Crippen LogP) is 4.56. The van der Waals surface area contributed by atoms with Crippen molar-refractivity contribution in [2.75, 3.05) is 0 Å². The number of phenols is 1. The number of nitrogens with zero attached hydrogens (tertiary/aromatic N) is 2. The SMILES string of the molecule is CC[C@H](C)c1ccc(N=Cc2cccc([N+](=O)[O-])c2O)cc1. The van der Waals surface area contributed by atoms with Crippen molar-refractivity contribution in [2.24, 2.45) is 4.99 Å². The number of benzene rings is 2. The molecule has 5 nitrogen and oxygen atoms in total. The zero-order valence-corrected chi connectivity index (χ0v) is 12.6. The monoisotopic (exact) mass is 298 g/mol. The summed E-state index contributed by atoms with van der Waals surface area (Å²) in [6.07, 6.45) is 2.50. The summed E-state index contributed by atoms with van der Waals surface area (Å²) in [4.78, 5) is 14.4. The van der Waals surface area contributed by atoms with Crippen LogP contribution in [0, 0.1) is 10.1 Å². The van der Waals surface area contributed by atoms with Gasteiger partial charge in [0.2, 0.25) is 5.75 Å². The van der Waals surface area contributed by atoms with Crippen LogP contribution in [0.4, 0.5) is 11.4 Å². The van der Waals surface area contributed by atoms with Crippen molar-refractivity contribution in [3.05, 3.63) is 63.7 Å². The lowest BCUT2D eigenvalue weighted by Gasteiger charge is -2.08. The molecule has 0 saturated heterocycles. The molecule has 0 radical (unpaired) electrons. The van der Waals surface area contributed by atoms with Gasteiger partial charge >= 0.3 is 5.69 Å². The van der Waals surface area contributed by atoms with Crippen LogP contribution in [0.5, 0.6) is 5.75 Å². The minimum Gasteiger partial charge on any atom is -0.502 e. The summed E-state index contributed by atoms with van der Waals surface area (Å²) < 4.78 is 0. The molecule has 0 spiro atoms. The summed E-state index contributed by atoms with van der Waals surface area (Å²) >= 11 is 0. The number of phenolic OH excluding ortho intramolecular Hbond substituents is 1. The smallest absolute Gasteiger partial charge is 0.311 e. The van der Waals surface area contributed by atoms with E-state index in [4.69, 9.17) is 0 Å². The highest BCUT2D eigenvalue weighted by molar-refractivity contribution is 5.87. The second-order valence-electron chi connectivity index (χ2n) is 5.13. The van der Waals surface area contributed by atoms with Crippen LogP contribution >= 0.6 is 0 Å². The second-order valence-corrected chi connectivity index (χ2v) is 5.13. The molecule has 2 aromatic rings. The Morgan fingerprint density at radius 2 is 1.95 bits per heavy atom. The minimum atomic E-state index is -0.617. The van der Waals surface area contributed by atoms with Crippen molar-refractivity contribution in [1.82, 2.24) is 0 Å². The Morgan fingerprint density at radius 3 is 2.55 bits per heavy atom. The fourth-order valence-electron chi connectivity index (χ4n) is 2.07. The number of nitro benzene ring substituents is 1. The number of hydrogen-bond acceptors (Lipinski definition) is 4. The van der Waals surface area contributed by atoms with Crippen molar-refractivity contribution < 1.29 is 10.0 Å². The van der Waals surface area contributed by atoms with Crippen molar-refractivity contribution >= 4 is 17.6 Å². The lowest BCUT2D eigenvalue weighted by atomic mass is 9.99. The van der Waals surface area contributed by atoms with Gasteiger partial charge in [-0.25, -0.2) is 0 Å². The molecule has 22 heavy (non-hydrogen) atoms. The van der Waals surface area contributed by atoms with Crippen LogP contribution in [0.1, 0.15) is 37.3 Å². The van der Waals surface area contributed by atoms with E-state index in [1.165, 1.54) is 23.9 Å². The van der Waals surface area contributed by atoms with Gasteiger partial charge in [0.1, 0.15) is 0 Å². The molecule has 0 aromatic heterocycles. The highest BCUT2D eigenvalue weighted by Crippen LogP contribution is 2.28. The van der Waals surface area contributed by atoms with Gasteiger partial charge in [-0.15, -0.1) is 0 Å². The fraction of sp³-hybridized carbons (Fsp3) is 0.235. The van der Waals surface area contributed by atoms with Crippen molar-refractivity contribution in [3.63, 3.8) is 0 Å². The lowest BCUT2D eigenvalue weighted by Crippen LogP contribution is -1.92. The molecule has 0 aliphatic rings. The first-order valence-corrected chi connectivity index (χ1v) is 7.13. The first-order valence-electron chi connectivity index (χ1n) is 7.13. The second kappa shape index (κ2) is 6.85. The summed E-state index contributed by atoms with van der Waals surface area (Å²) in [6, 6.07) is 12.2. The van der Waals surface area contributed by atoms with Gasteiger partial charge in [0, 0.05) is 17.8 Å². The summed E-state index contributed by atoms with van der Waals surface area (Å²) in [6.45, 7) is 4.31. The Morgan fingerprint density at radius 1 is 1.27 bits per heavy atom. The number of nitro groups is 1. The molecule has 0 bridgehead atoms. The standard InChI is InChI=1S/C17H18N2O3/c1-3-12(2)13-7-9-15(10-8-13)18-11-14-5-4-6-16(17(14)20)19(21)22/h4-12,20H,3H2,1-2H3/t12-/m0/s1. The van der Waals surface area contributed by atoms with Crippen molar-refractivity contribution in [3.8, 4) is 5.75 Å². The molecule has 0 unspecified atom stereocenters. The van der Waals surface area contributed by atoms with Gasteiger partial charge in [-0.3, -0.25) is 15.1 Å². The lowest BCUT2D eigenvalue weighted by molar-refractivity contribution is -0.385. The molecule has 0 aliphatic carbocycles. The highest BCUT2D eigenvalue weighted by Gasteiger charge is 2.14. The zero-order chi connectivity index (χ0) is 16.1. The summed E-state index contributed by atoms with van der Waals surface area (Å²) in [5, 5.41) is 20.6. The Labute approximate surface area is 129 Å². The Hall–Kier alpha value is -2.69. The normalized spacial score (nSPS) is 12.5. The van der Waals surface area contributed by atoms with E-state index in [1.807, 2.05) is 24.3 Å². The molecule has 2 rings (SSSR count). The highest BCUT2D eigenvalue weighted by atomic mass is 16.6. The molecule has 114 valence electrons. The molecule has 2 aromatic carbocycles. The maximum atomic E-state index is 10.8. The van der Waals surface area contributed by atoms with Crippen LogP contribution in [0.3, 0.4) is 0 Å². The largest absolute Gasteiger partial charge is 0.502 e. The molecule has 0 fully saturated rings. The quantitative estimate of drug-likeness (QED) is 0.499. The molecule has 0 aliphatic heterocycles. The third kappa shape index (κ3) is 3.49. The Bertz CT molecular complexity index is 694. The third-order valence-corrected chi connectivity index (χ3v) is 3.67. The number of aromatic hydroxyl groups is 1. The molecule has 0 heterocycles. The van der Waals surface area contributed by atoms with E-state index in [2.05, 4.69) is 18.8 Å².